The maximum absolute atomic E-state index is 12.5. The van der Waals surface area contributed by atoms with Crippen LogP contribution in [0.4, 0.5) is 14.5 Å². The van der Waals surface area contributed by atoms with Crippen LogP contribution in [0.5, 0.6) is 0 Å². The van der Waals surface area contributed by atoms with Crippen LogP contribution < -0.4 is 10.6 Å². The highest BCUT2D eigenvalue weighted by Gasteiger charge is 2.26. The predicted molar refractivity (Wildman–Crippen MR) is 105 cm³/mol. The van der Waals surface area contributed by atoms with E-state index in [2.05, 4.69) is 10.6 Å². The number of sulfone groups is 1. The number of hydrogen-bond donors (Lipinski definition) is 2. The minimum absolute atomic E-state index is 0.0903. The molecule has 2 N–H and O–H groups in total. The molecule has 0 heterocycles. The zero-order valence-electron chi connectivity index (χ0n) is 16.0. The monoisotopic (exact) mass is 424 g/mol. The molecule has 0 aliphatic rings. The first-order valence-corrected chi connectivity index (χ1v) is 10.5. The fraction of sp³-hybridized carbons (Fsp3) is 0.300. The predicted octanol–water partition coefficient (Wildman–Crippen LogP) is 3.60. The number of anilines is 1. The molecule has 0 bridgehead atoms. The summed E-state index contributed by atoms with van der Waals surface area (Å²) in [4.78, 5) is 23.7. The van der Waals surface area contributed by atoms with Crippen molar-refractivity contribution < 1.29 is 26.8 Å². The number of carbonyl (C=O) groups is 2. The van der Waals surface area contributed by atoms with E-state index in [0.29, 0.717) is 5.69 Å². The zero-order chi connectivity index (χ0) is 21.6. The highest BCUT2D eigenvalue weighted by Crippen LogP contribution is 2.19. The molecule has 2 aromatic carbocycles. The molecule has 6 nitrogen and oxygen atoms in total. The van der Waals surface area contributed by atoms with Gasteiger partial charge in [-0.25, -0.2) is 8.42 Å². The Kier molecular flexibility index (Phi) is 7.44. The number of carbonyl (C=O) groups excluding carboxylic acids is 2. The van der Waals surface area contributed by atoms with Gasteiger partial charge in [-0.15, -0.1) is 0 Å². The zero-order valence-corrected chi connectivity index (χ0v) is 16.8. The van der Waals surface area contributed by atoms with Crippen LogP contribution in [0.3, 0.4) is 0 Å². The number of amides is 2. The van der Waals surface area contributed by atoms with E-state index in [1.54, 1.807) is 24.3 Å². The van der Waals surface area contributed by atoms with Crippen LogP contribution in [0.15, 0.2) is 53.4 Å². The lowest BCUT2D eigenvalue weighted by atomic mass is 10.1. The van der Waals surface area contributed by atoms with Crippen LogP contribution in [0, 0.1) is 5.92 Å². The van der Waals surface area contributed by atoms with E-state index in [1.165, 1.54) is 12.1 Å². The molecule has 29 heavy (non-hydrogen) atoms. The Morgan fingerprint density at radius 2 is 1.72 bits per heavy atom. The minimum atomic E-state index is -4.70. The van der Waals surface area contributed by atoms with Gasteiger partial charge in [0.05, 0.1) is 4.90 Å². The average Bonchev–Trinajstić information content (AvgIpc) is 2.71. The second kappa shape index (κ2) is 9.60. The second-order valence-electron chi connectivity index (χ2n) is 6.51. The Hall–Kier alpha value is -2.81. The average molecular weight is 424 g/mol. The summed E-state index contributed by atoms with van der Waals surface area (Å²) in [5.41, 5.74) is 1.50. The van der Waals surface area contributed by atoms with Crippen LogP contribution >= 0.6 is 0 Å². The van der Waals surface area contributed by atoms with Crippen molar-refractivity contribution in [1.82, 2.24) is 5.32 Å². The number of benzene rings is 2. The summed E-state index contributed by atoms with van der Waals surface area (Å²) in [5.74, 6) is -4.21. The van der Waals surface area contributed by atoms with Gasteiger partial charge in [0.25, 0.3) is 5.91 Å². The molecule has 156 valence electrons. The molecule has 0 saturated carbocycles. The molecular formula is C20H22F2N2O4S. The molecule has 2 amide bonds. The summed E-state index contributed by atoms with van der Waals surface area (Å²) >= 11 is 0. The van der Waals surface area contributed by atoms with E-state index in [4.69, 9.17) is 0 Å². The highest BCUT2D eigenvalue weighted by atomic mass is 32.2. The van der Waals surface area contributed by atoms with Crippen LogP contribution in [0.25, 0.3) is 0 Å². The Balaban J connectivity index is 2.00. The fourth-order valence-electron chi connectivity index (χ4n) is 2.39. The normalized spacial score (nSPS) is 12.4. The summed E-state index contributed by atoms with van der Waals surface area (Å²) in [5, 5.41) is 5.47. The van der Waals surface area contributed by atoms with Gasteiger partial charge in [-0.3, -0.25) is 9.59 Å². The quantitative estimate of drug-likeness (QED) is 0.677. The maximum Gasteiger partial charge on any atom is 0.341 e. The topological polar surface area (TPSA) is 92.3 Å². The SMILES string of the molecule is CCC(C)C(=O)Nc1cccc(CNC(=O)c2ccc(S(=O)(=O)C(F)F)cc2)c1. The van der Waals surface area contributed by atoms with Crippen LogP contribution in [0.2, 0.25) is 0 Å². The van der Waals surface area contributed by atoms with Crippen molar-refractivity contribution >= 4 is 27.3 Å². The Morgan fingerprint density at radius 1 is 1.07 bits per heavy atom. The molecule has 0 aliphatic heterocycles. The van der Waals surface area contributed by atoms with Crippen LogP contribution in [-0.4, -0.2) is 26.0 Å². The largest absolute Gasteiger partial charge is 0.348 e. The van der Waals surface area contributed by atoms with Crippen LogP contribution in [0.1, 0.15) is 36.2 Å². The first kappa shape index (κ1) is 22.5. The Morgan fingerprint density at radius 3 is 2.31 bits per heavy atom. The van der Waals surface area contributed by atoms with Crippen LogP contribution in [-0.2, 0) is 21.2 Å². The molecule has 0 aliphatic carbocycles. The molecule has 2 aromatic rings. The second-order valence-corrected chi connectivity index (χ2v) is 8.43. The first-order chi connectivity index (χ1) is 13.6. The third kappa shape index (κ3) is 5.83. The molecule has 0 radical (unpaired) electrons. The van der Waals surface area contributed by atoms with Gasteiger partial charge in [-0.1, -0.05) is 26.0 Å². The molecule has 0 fully saturated rings. The van der Waals surface area contributed by atoms with Crippen molar-refractivity contribution in [1.29, 1.82) is 0 Å². The van der Waals surface area contributed by atoms with Crippen molar-refractivity contribution in [2.45, 2.75) is 37.5 Å². The summed E-state index contributed by atoms with van der Waals surface area (Å²) in [6.07, 6.45) is 0.721. The minimum Gasteiger partial charge on any atom is -0.348 e. The van der Waals surface area contributed by atoms with Gasteiger partial charge >= 0.3 is 5.76 Å². The molecule has 2 rings (SSSR count). The molecule has 0 spiro atoms. The molecule has 0 aromatic heterocycles. The van der Waals surface area contributed by atoms with E-state index < -0.39 is 26.4 Å². The number of rotatable bonds is 8. The lowest BCUT2D eigenvalue weighted by Crippen LogP contribution is -2.23. The lowest BCUT2D eigenvalue weighted by Gasteiger charge is -2.11. The molecule has 1 unspecified atom stereocenters. The van der Waals surface area contributed by atoms with Gasteiger partial charge in [-0.05, 0) is 48.4 Å². The molecule has 0 saturated heterocycles. The maximum atomic E-state index is 12.5. The summed E-state index contributed by atoms with van der Waals surface area (Å²) in [6, 6.07) is 11.3. The smallest absolute Gasteiger partial charge is 0.341 e. The number of hydrogen-bond acceptors (Lipinski definition) is 4. The van der Waals surface area contributed by atoms with Gasteiger partial charge in [0.2, 0.25) is 15.7 Å². The van der Waals surface area contributed by atoms with Crippen molar-refractivity contribution in [3.05, 3.63) is 59.7 Å². The van der Waals surface area contributed by atoms with E-state index in [0.717, 1.165) is 24.1 Å². The first-order valence-electron chi connectivity index (χ1n) is 8.95. The van der Waals surface area contributed by atoms with Crippen molar-refractivity contribution in [2.24, 2.45) is 5.92 Å². The van der Waals surface area contributed by atoms with E-state index >= 15 is 0 Å². The third-order valence-electron chi connectivity index (χ3n) is 4.39. The summed E-state index contributed by atoms with van der Waals surface area (Å²) in [6.45, 7) is 3.92. The molecular weight excluding hydrogens is 402 g/mol. The summed E-state index contributed by atoms with van der Waals surface area (Å²) < 4.78 is 47.9. The number of nitrogens with one attached hydrogen (secondary N) is 2. The van der Waals surface area contributed by atoms with Gasteiger partial charge in [0, 0.05) is 23.7 Å². The molecule has 1 atom stereocenters. The van der Waals surface area contributed by atoms with Gasteiger partial charge in [0.15, 0.2) is 0 Å². The van der Waals surface area contributed by atoms with Crippen molar-refractivity contribution in [3.63, 3.8) is 0 Å². The number of halogens is 2. The van der Waals surface area contributed by atoms with Crippen molar-refractivity contribution in [2.75, 3.05) is 5.32 Å². The van der Waals surface area contributed by atoms with Gasteiger partial charge < -0.3 is 10.6 Å². The third-order valence-corrected chi connectivity index (χ3v) is 5.79. The summed E-state index contributed by atoms with van der Waals surface area (Å²) in [7, 11) is -4.70. The number of alkyl halides is 2. The fourth-order valence-corrected chi connectivity index (χ4v) is 3.11. The Bertz CT molecular complexity index is 976. The van der Waals surface area contributed by atoms with E-state index in [9.17, 15) is 26.8 Å². The standard InChI is InChI=1S/C20H22F2N2O4S/c1-3-13(2)18(25)24-16-6-4-5-14(11-16)12-23-19(26)15-7-9-17(10-8-15)29(27,28)20(21)22/h4-11,13,20H,3,12H2,1-2H3,(H,23,26)(H,24,25). The highest BCUT2D eigenvalue weighted by molar-refractivity contribution is 7.91. The van der Waals surface area contributed by atoms with E-state index in [-0.39, 0.29) is 23.9 Å². The lowest BCUT2D eigenvalue weighted by molar-refractivity contribution is -0.119. The van der Waals surface area contributed by atoms with Gasteiger partial charge in [0.1, 0.15) is 0 Å². The molecule has 9 heteroatoms. The van der Waals surface area contributed by atoms with E-state index in [1.807, 2.05) is 13.8 Å². The Labute approximate surface area is 168 Å². The van der Waals surface area contributed by atoms with Crippen molar-refractivity contribution in [3.8, 4) is 0 Å². The van der Waals surface area contributed by atoms with Gasteiger partial charge in [-0.2, -0.15) is 8.78 Å².